The molecule has 0 radical (unpaired) electrons. The molecule has 6 heteroatoms. The maximum atomic E-state index is 12.1. The number of aromatic nitrogens is 2. The molecule has 0 spiro atoms. The van der Waals surface area contributed by atoms with Crippen molar-refractivity contribution in [3.63, 3.8) is 0 Å². The molecule has 0 N–H and O–H groups in total. The molecule has 1 fully saturated rings. The van der Waals surface area contributed by atoms with Crippen LogP contribution in [0, 0.1) is 0 Å². The van der Waals surface area contributed by atoms with Crippen LogP contribution in [-0.2, 0) is 4.74 Å². The van der Waals surface area contributed by atoms with Crippen LogP contribution in [0.5, 0.6) is 0 Å². The average Bonchev–Trinajstić information content (AvgIpc) is 2.88. The lowest BCUT2D eigenvalue weighted by atomic mass is 9.94. The number of amides is 1. The van der Waals surface area contributed by atoms with Gasteiger partial charge >= 0.3 is 6.09 Å². The minimum absolute atomic E-state index is 0.221. The molecule has 0 saturated carbocycles. The van der Waals surface area contributed by atoms with E-state index in [1.807, 2.05) is 45.3 Å². The van der Waals surface area contributed by atoms with Crippen molar-refractivity contribution in [1.29, 1.82) is 0 Å². The third-order valence-electron chi connectivity index (χ3n) is 4.07. The molecule has 1 amide bonds. The van der Waals surface area contributed by atoms with Crippen LogP contribution in [0.3, 0.4) is 0 Å². The number of fused-ring (bicyclic) bond motifs is 1. The topological polar surface area (TPSA) is 46.8 Å². The van der Waals surface area contributed by atoms with Gasteiger partial charge in [-0.2, -0.15) is 0 Å². The highest BCUT2D eigenvalue weighted by Gasteiger charge is 2.28. The molecule has 23 heavy (non-hydrogen) atoms. The van der Waals surface area contributed by atoms with Crippen molar-refractivity contribution in [2.75, 3.05) is 13.1 Å². The zero-order valence-corrected chi connectivity index (χ0v) is 14.5. The number of rotatable bonds is 1. The fourth-order valence-corrected chi connectivity index (χ4v) is 3.12. The zero-order valence-electron chi connectivity index (χ0n) is 13.8. The molecule has 124 valence electrons. The maximum absolute atomic E-state index is 12.1. The summed E-state index contributed by atoms with van der Waals surface area (Å²) in [5.41, 5.74) is 1.59. The number of carbonyl (C=O) groups excluding carboxylic acids is 1. The number of piperidine rings is 1. The number of ether oxygens (including phenoxy) is 1. The highest BCUT2D eigenvalue weighted by Crippen LogP contribution is 2.29. The minimum atomic E-state index is -0.450. The lowest BCUT2D eigenvalue weighted by Crippen LogP contribution is -2.41. The van der Waals surface area contributed by atoms with E-state index in [1.165, 1.54) is 5.69 Å². The molecule has 5 nitrogen and oxygen atoms in total. The van der Waals surface area contributed by atoms with Crippen LogP contribution < -0.4 is 0 Å². The predicted octanol–water partition coefficient (Wildman–Crippen LogP) is 4.10. The highest BCUT2D eigenvalue weighted by molar-refractivity contribution is 6.30. The zero-order chi connectivity index (χ0) is 16.6. The normalized spacial score (nSPS) is 16.8. The molecular formula is C17H22ClN3O2. The summed E-state index contributed by atoms with van der Waals surface area (Å²) in [5, 5.41) is 0.689. The van der Waals surface area contributed by atoms with E-state index >= 15 is 0 Å². The molecular weight excluding hydrogens is 314 g/mol. The number of hydrogen-bond acceptors (Lipinski definition) is 3. The molecule has 0 aliphatic carbocycles. The number of hydrogen-bond donors (Lipinski definition) is 0. The first kappa shape index (κ1) is 16.1. The van der Waals surface area contributed by atoms with E-state index < -0.39 is 5.60 Å². The summed E-state index contributed by atoms with van der Waals surface area (Å²) >= 11 is 6.01. The maximum Gasteiger partial charge on any atom is 0.410 e. The summed E-state index contributed by atoms with van der Waals surface area (Å²) in [5.74, 6) is 0.393. The van der Waals surface area contributed by atoms with Crippen LogP contribution in [0.25, 0.3) is 5.65 Å². The van der Waals surface area contributed by atoms with Crippen LogP contribution in [-0.4, -0.2) is 39.1 Å². The minimum Gasteiger partial charge on any atom is -0.444 e. The van der Waals surface area contributed by atoms with Crippen molar-refractivity contribution in [2.45, 2.75) is 45.1 Å². The highest BCUT2D eigenvalue weighted by atomic mass is 35.5. The van der Waals surface area contributed by atoms with Crippen molar-refractivity contribution in [1.82, 2.24) is 14.3 Å². The lowest BCUT2D eigenvalue weighted by Gasteiger charge is -2.33. The Hall–Kier alpha value is -1.75. The van der Waals surface area contributed by atoms with Crippen molar-refractivity contribution in [3.05, 3.63) is 35.2 Å². The largest absolute Gasteiger partial charge is 0.444 e. The van der Waals surface area contributed by atoms with Gasteiger partial charge in [-0.3, -0.25) is 0 Å². The molecule has 2 aromatic heterocycles. The van der Waals surface area contributed by atoms with E-state index in [1.54, 1.807) is 4.90 Å². The monoisotopic (exact) mass is 335 g/mol. The van der Waals surface area contributed by atoms with Gasteiger partial charge in [-0.1, -0.05) is 11.6 Å². The van der Waals surface area contributed by atoms with Gasteiger partial charge in [0, 0.05) is 42.1 Å². The van der Waals surface area contributed by atoms with Gasteiger partial charge in [-0.25, -0.2) is 9.78 Å². The Morgan fingerprint density at radius 3 is 2.70 bits per heavy atom. The van der Waals surface area contributed by atoms with Crippen LogP contribution >= 0.6 is 11.6 Å². The number of imidazole rings is 1. The van der Waals surface area contributed by atoms with Gasteiger partial charge in [-0.05, 0) is 45.7 Å². The summed E-state index contributed by atoms with van der Waals surface area (Å²) in [4.78, 5) is 18.4. The van der Waals surface area contributed by atoms with Crippen molar-refractivity contribution in [3.8, 4) is 0 Å². The smallest absolute Gasteiger partial charge is 0.410 e. The van der Waals surface area contributed by atoms with Gasteiger partial charge in [0.05, 0.1) is 0 Å². The number of halogens is 1. The first-order valence-corrected chi connectivity index (χ1v) is 8.32. The van der Waals surface area contributed by atoms with Crippen molar-refractivity contribution >= 4 is 23.3 Å². The van der Waals surface area contributed by atoms with Gasteiger partial charge in [0.1, 0.15) is 11.2 Å². The molecule has 3 heterocycles. The first-order chi connectivity index (χ1) is 10.8. The number of nitrogens with zero attached hydrogens (tertiary/aromatic N) is 3. The van der Waals surface area contributed by atoms with Crippen molar-refractivity contribution in [2.24, 2.45) is 0 Å². The molecule has 0 aromatic carbocycles. The summed E-state index contributed by atoms with van der Waals surface area (Å²) in [6.07, 6.45) is 5.48. The van der Waals surface area contributed by atoms with E-state index in [2.05, 4.69) is 9.38 Å². The summed E-state index contributed by atoms with van der Waals surface area (Å²) in [6.45, 7) is 7.09. The molecule has 2 aromatic rings. The third-order valence-corrected chi connectivity index (χ3v) is 4.30. The Morgan fingerprint density at radius 2 is 2.04 bits per heavy atom. The predicted molar refractivity (Wildman–Crippen MR) is 90.0 cm³/mol. The summed E-state index contributed by atoms with van der Waals surface area (Å²) < 4.78 is 7.52. The Balaban J connectivity index is 1.67. The molecule has 0 atom stereocenters. The molecule has 0 unspecified atom stereocenters. The Kier molecular flexibility index (Phi) is 4.23. The number of pyridine rings is 1. The standard InChI is InChI=1S/C17H22ClN3O2/c1-17(2,3)23-16(22)20-7-4-12(5-8-20)14-11-19-15-10-13(18)6-9-21(14)15/h6,9-12H,4-5,7-8H2,1-3H3. The van der Waals surface area contributed by atoms with Gasteiger partial charge in [-0.15, -0.1) is 0 Å². The van der Waals surface area contributed by atoms with Crippen LogP contribution in [0.4, 0.5) is 4.79 Å². The van der Waals surface area contributed by atoms with Crippen molar-refractivity contribution < 1.29 is 9.53 Å². The second-order valence-electron chi connectivity index (χ2n) is 7.00. The summed E-state index contributed by atoms with van der Waals surface area (Å²) in [7, 11) is 0. The molecule has 1 aliphatic rings. The SMILES string of the molecule is CC(C)(C)OC(=O)N1CCC(c2cnc3cc(Cl)ccn23)CC1. The van der Waals surface area contributed by atoms with Gasteiger partial charge in [0.25, 0.3) is 0 Å². The number of likely N-dealkylation sites (tertiary alicyclic amines) is 1. The van der Waals surface area contributed by atoms with E-state index in [9.17, 15) is 4.79 Å². The van der Waals surface area contributed by atoms with E-state index in [-0.39, 0.29) is 6.09 Å². The van der Waals surface area contributed by atoms with E-state index in [0.29, 0.717) is 24.0 Å². The van der Waals surface area contributed by atoms with Crippen LogP contribution in [0.2, 0.25) is 5.02 Å². The van der Waals surface area contributed by atoms with Gasteiger partial charge in [0.15, 0.2) is 0 Å². The molecule has 0 bridgehead atoms. The third kappa shape index (κ3) is 3.61. The number of carbonyl (C=O) groups is 1. The molecule has 1 saturated heterocycles. The van der Waals surface area contributed by atoms with Crippen LogP contribution in [0.15, 0.2) is 24.5 Å². The van der Waals surface area contributed by atoms with Gasteiger partial charge < -0.3 is 14.0 Å². The first-order valence-electron chi connectivity index (χ1n) is 7.94. The fourth-order valence-electron chi connectivity index (χ4n) is 2.96. The van der Waals surface area contributed by atoms with E-state index in [0.717, 1.165) is 18.5 Å². The van der Waals surface area contributed by atoms with Crippen LogP contribution in [0.1, 0.15) is 45.2 Å². The second kappa shape index (κ2) is 6.04. The molecule has 1 aliphatic heterocycles. The van der Waals surface area contributed by atoms with E-state index in [4.69, 9.17) is 16.3 Å². The Labute approximate surface area is 141 Å². The average molecular weight is 336 g/mol. The molecule has 3 rings (SSSR count). The summed E-state index contributed by atoms with van der Waals surface area (Å²) in [6, 6.07) is 3.73. The Bertz CT molecular complexity index is 712. The lowest BCUT2D eigenvalue weighted by molar-refractivity contribution is 0.0204. The quantitative estimate of drug-likeness (QED) is 0.788. The Morgan fingerprint density at radius 1 is 1.35 bits per heavy atom. The van der Waals surface area contributed by atoms with Gasteiger partial charge in [0.2, 0.25) is 0 Å². The second-order valence-corrected chi connectivity index (χ2v) is 7.43. The fraction of sp³-hybridized carbons (Fsp3) is 0.529.